The minimum atomic E-state index is -0.366. The molecule has 0 heterocycles. The highest BCUT2D eigenvalue weighted by Crippen LogP contribution is 2.29. The minimum Gasteiger partial charge on any atom is -0.465 e. The van der Waals surface area contributed by atoms with Crippen molar-refractivity contribution in [2.24, 2.45) is 0 Å². The molecule has 26 heavy (non-hydrogen) atoms. The Hall–Kier alpha value is -2.83. The summed E-state index contributed by atoms with van der Waals surface area (Å²) < 4.78 is 25.6. The monoisotopic (exact) mass is 358 g/mol. The Balaban J connectivity index is 2.20. The Morgan fingerprint density at radius 2 is 1.50 bits per heavy atom. The van der Waals surface area contributed by atoms with Crippen LogP contribution in [0.2, 0.25) is 0 Å². The van der Waals surface area contributed by atoms with E-state index < -0.39 is 0 Å². The van der Waals surface area contributed by atoms with Gasteiger partial charge in [-0.1, -0.05) is 30.4 Å². The van der Waals surface area contributed by atoms with E-state index in [1.807, 2.05) is 30.4 Å². The van der Waals surface area contributed by atoms with E-state index in [2.05, 4.69) is 0 Å². The summed E-state index contributed by atoms with van der Waals surface area (Å²) in [4.78, 5) is 11.6. The normalized spacial score (nSPS) is 10.7. The molecular formula is C20H22O6. The number of hydrogen-bond acceptors (Lipinski definition) is 6. The Bertz CT molecular complexity index is 754. The van der Waals surface area contributed by atoms with Crippen molar-refractivity contribution in [2.45, 2.75) is 0 Å². The van der Waals surface area contributed by atoms with Crippen molar-refractivity contribution in [3.63, 3.8) is 0 Å². The first-order chi connectivity index (χ1) is 12.7. The van der Waals surface area contributed by atoms with Crippen LogP contribution in [0.1, 0.15) is 21.5 Å². The third kappa shape index (κ3) is 5.61. The van der Waals surface area contributed by atoms with Crippen LogP contribution in [0.15, 0.2) is 42.5 Å². The zero-order valence-corrected chi connectivity index (χ0v) is 15.1. The summed E-state index contributed by atoms with van der Waals surface area (Å²) in [5.74, 6) is 0.748. The highest BCUT2D eigenvalue weighted by Gasteiger charge is 2.07. The fraction of sp³-hybridized carbons (Fsp3) is 0.250. The third-order valence-electron chi connectivity index (χ3n) is 3.41. The van der Waals surface area contributed by atoms with Crippen molar-refractivity contribution < 1.29 is 28.5 Å². The Morgan fingerprint density at radius 1 is 0.846 bits per heavy atom. The van der Waals surface area contributed by atoms with E-state index in [1.54, 1.807) is 38.5 Å². The Labute approximate surface area is 152 Å². The van der Waals surface area contributed by atoms with Gasteiger partial charge in [0.15, 0.2) is 25.1 Å². The first-order valence-corrected chi connectivity index (χ1v) is 7.92. The van der Waals surface area contributed by atoms with Crippen molar-refractivity contribution in [3.05, 3.63) is 59.2 Å². The van der Waals surface area contributed by atoms with Crippen LogP contribution in [0.5, 0.6) is 11.5 Å². The first kappa shape index (κ1) is 19.5. The predicted octanol–water partition coefficient (Wildman–Crippen LogP) is 3.61. The summed E-state index contributed by atoms with van der Waals surface area (Å²) in [5.41, 5.74) is 2.29. The van der Waals surface area contributed by atoms with Crippen LogP contribution < -0.4 is 9.47 Å². The molecule has 0 saturated heterocycles. The summed E-state index contributed by atoms with van der Waals surface area (Å²) in [5, 5.41) is 0. The second-order valence-corrected chi connectivity index (χ2v) is 5.26. The largest absolute Gasteiger partial charge is 0.465 e. The highest BCUT2D eigenvalue weighted by atomic mass is 16.7. The predicted molar refractivity (Wildman–Crippen MR) is 98.2 cm³/mol. The smallest absolute Gasteiger partial charge is 0.337 e. The summed E-state index contributed by atoms with van der Waals surface area (Å²) in [6, 6.07) is 12.7. The summed E-state index contributed by atoms with van der Waals surface area (Å²) in [6.45, 7) is 0.233. The number of carbonyl (C=O) groups is 1. The molecule has 0 unspecified atom stereocenters. The van der Waals surface area contributed by atoms with E-state index in [1.165, 1.54) is 7.11 Å². The van der Waals surface area contributed by atoms with E-state index in [4.69, 9.17) is 23.7 Å². The van der Waals surface area contributed by atoms with Crippen LogP contribution in [-0.2, 0) is 14.2 Å². The van der Waals surface area contributed by atoms with Crippen LogP contribution >= 0.6 is 0 Å². The van der Waals surface area contributed by atoms with Gasteiger partial charge in [-0.05, 0) is 35.4 Å². The zero-order valence-electron chi connectivity index (χ0n) is 15.1. The summed E-state index contributed by atoms with van der Waals surface area (Å²) >= 11 is 0. The lowest BCUT2D eigenvalue weighted by molar-refractivity contribution is 0.0322. The van der Waals surface area contributed by atoms with Crippen molar-refractivity contribution in [3.8, 4) is 11.5 Å². The lowest BCUT2D eigenvalue weighted by Gasteiger charge is -2.12. The molecule has 0 saturated carbocycles. The van der Waals surface area contributed by atoms with Crippen molar-refractivity contribution >= 4 is 18.1 Å². The molecule has 0 fully saturated rings. The van der Waals surface area contributed by atoms with Gasteiger partial charge in [0.1, 0.15) is 0 Å². The topological polar surface area (TPSA) is 63.2 Å². The number of methoxy groups -OCH3 is 3. The molecule has 0 spiro atoms. The molecule has 0 bridgehead atoms. The van der Waals surface area contributed by atoms with Gasteiger partial charge in [-0.2, -0.15) is 0 Å². The summed E-state index contributed by atoms with van der Waals surface area (Å²) in [6.07, 6.45) is 3.81. The number of carbonyl (C=O) groups excluding carboxylic acids is 1. The van der Waals surface area contributed by atoms with Gasteiger partial charge in [-0.25, -0.2) is 4.79 Å². The number of esters is 1. The lowest BCUT2D eigenvalue weighted by atomic mass is 10.1. The average Bonchev–Trinajstić information content (AvgIpc) is 2.69. The molecule has 2 aromatic rings. The van der Waals surface area contributed by atoms with Gasteiger partial charge in [0.2, 0.25) is 0 Å². The van der Waals surface area contributed by atoms with Crippen LogP contribution in [0.3, 0.4) is 0 Å². The second kappa shape index (κ2) is 10.2. The number of benzene rings is 2. The van der Waals surface area contributed by atoms with Gasteiger partial charge >= 0.3 is 5.97 Å². The summed E-state index contributed by atoms with van der Waals surface area (Å²) in [7, 11) is 4.46. The molecule has 2 rings (SSSR count). The molecule has 0 aliphatic rings. The van der Waals surface area contributed by atoms with Gasteiger partial charge in [0.05, 0.1) is 12.7 Å². The van der Waals surface area contributed by atoms with Gasteiger partial charge in [-0.3, -0.25) is 0 Å². The molecule has 6 heteroatoms. The standard InChI is InChI=1S/C20H22O6/c1-22-13-25-18-10-9-16(12-19(18)26-14-23-2)8-7-15-5-4-6-17(11-15)20(21)24-3/h4-12H,13-14H2,1-3H3. The molecule has 2 aromatic carbocycles. The number of ether oxygens (including phenoxy) is 5. The van der Waals surface area contributed by atoms with E-state index in [0.29, 0.717) is 17.1 Å². The maximum absolute atomic E-state index is 11.6. The zero-order chi connectivity index (χ0) is 18.8. The van der Waals surface area contributed by atoms with E-state index in [0.717, 1.165) is 11.1 Å². The molecule has 0 amide bonds. The van der Waals surface area contributed by atoms with Gasteiger partial charge in [0.25, 0.3) is 0 Å². The van der Waals surface area contributed by atoms with Crippen LogP contribution in [0.4, 0.5) is 0 Å². The maximum Gasteiger partial charge on any atom is 0.337 e. The van der Waals surface area contributed by atoms with E-state index in [-0.39, 0.29) is 19.6 Å². The van der Waals surface area contributed by atoms with Gasteiger partial charge in [0, 0.05) is 14.2 Å². The fourth-order valence-corrected chi connectivity index (χ4v) is 2.18. The second-order valence-electron chi connectivity index (χ2n) is 5.26. The molecule has 0 radical (unpaired) electrons. The Morgan fingerprint density at radius 3 is 2.15 bits per heavy atom. The van der Waals surface area contributed by atoms with E-state index >= 15 is 0 Å². The molecule has 0 aromatic heterocycles. The van der Waals surface area contributed by atoms with Crippen LogP contribution in [-0.4, -0.2) is 40.9 Å². The molecule has 6 nitrogen and oxygen atoms in total. The SMILES string of the molecule is COCOc1ccc(C=Cc2cccc(C(=O)OC)c2)cc1OCOC. The average molecular weight is 358 g/mol. The van der Waals surface area contributed by atoms with Crippen molar-refractivity contribution in [2.75, 3.05) is 34.9 Å². The molecular weight excluding hydrogens is 336 g/mol. The van der Waals surface area contributed by atoms with Crippen LogP contribution in [0.25, 0.3) is 12.2 Å². The first-order valence-electron chi connectivity index (χ1n) is 7.92. The maximum atomic E-state index is 11.6. The molecule has 0 aliphatic heterocycles. The number of hydrogen-bond donors (Lipinski definition) is 0. The van der Waals surface area contributed by atoms with Gasteiger partial charge in [-0.15, -0.1) is 0 Å². The Kier molecular flexibility index (Phi) is 7.67. The molecule has 0 N–H and O–H groups in total. The van der Waals surface area contributed by atoms with Gasteiger partial charge < -0.3 is 23.7 Å². The molecule has 0 atom stereocenters. The number of rotatable bonds is 9. The lowest BCUT2D eigenvalue weighted by Crippen LogP contribution is -2.04. The highest BCUT2D eigenvalue weighted by molar-refractivity contribution is 5.90. The van der Waals surface area contributed by atoms with E-state index in [9.17, 15) is 4.79 Å². The molecule has 138 valence electrons. The van der Waals surface area contributed by atoms with Crippen molar-refractivity contribution in [1.82, 2.24) is 0 Å². The minimum absolute atomic E-state index is 0.109. The quantitative estimate of drug-likeness (QED) is 0.388. The van der Waals surface area contributed by atoms with Crippen LogP contribution in [0, 0.1) is 0 Å². The fourth-order valence-electron chi connectivity index (χ4n) is 2.18. The third-order valence-corrected chi connectivity index (χ3v) is 3.41. The molecule has 0 aliphatic carbocycles. The van der Waals surface area contributed by atoms with Crippen molar-refractivity contribution in [1.29, 1.82) is 0 Å².